The van der Waals surface area contributed by atoms with E-state index in [4.69, 9.17) is 18.9 Å². The van der Waals surface area contributed by atoms with Gasteiger partial charge >= 0.3 is 0 Å². The Hall–Kier alpha value is -4.27. The fraction of sp³-hybridized carbons (Fsp3) is 0.353. The third kappa shape index (κ3) is 9.20. The molecule has 1 fully saturated rings. The van der Waals surface area contributed by atoms with Gasteiger partial charge in [0.05, 0.1) is 51.7 Å². The van der Waals surface area contributed by atoms with E-state index in [1.54, 1.807) is 19.4 Å². The molecule has 0 bridgehead atoms. The summed E-state index contributed by atoms with van der Waals surface area (Å²) in [5.74, 6) is -4.14. The zero-order valence-electron chi connectivity index (χ0n) is 26.3. The lowest BCUT2D eigenvalue weighted by Crippen LogP contribution is -2.51. The number of nitrogens with one attached hydrogen (secondary N) is 3. The summed E-state index contributed by atoms with van der Waals surface area (Å²) in [5, 5.41) is 9.09. The van der Waals surface area contributed by atoms with Crippen molar-refractivity contribution in [3.8, 4) is 5.75 Å². The van der Waals surface area contributed by atoms with E-state index in [1.807, 2.05) is 12.1 Å². The second-order valence-electron chi connectivity index (χ2n) is 10.9. The van der Waals surface area contributed by atoms with Crippen LogP contribution in [0.1, 0.15) is 47.8 Å². The van der Waals surface area contributed by atoms with Crippen molar-refractivity contribution in [3.05, 3.63) is 99.6 Å². The summed E-state index contributed by atoms with van der Waals surface area (Å²) >= 11 is 0. The quantitative estimate of drug-likeness (QED) is 0.155. The number of methoxy groups -OCH3 is 1. The Balaban J connectivity index is 0.00000520. The number of carbonyl (C=O) groups is 3. The molecule has 1 saturated heterocycles. The Kier molecular flexibility index (Phi) is 13.5. The Morgan fingerprint density at radius 3 is 2.10 bits per heavy atom. The highest BCUT2D eigenvalue weighted by Gasteiger charge is 2.31. The highest BCUT2D eigenvalue weighted by atomic mass is 35.5. The van der Waals surface area contributed by atoms with Crippen LogP contribution in [0.4, 0.5) is 8.78 Å². The minimum atomic E-state index is -1.34. The van der Waals surface area contributed by atoms with E-state index in [1.165, 1.54) is 30.3 Å². The molecule has 48 heavy (non-hydrogen) atoms. The summed E-state index contributed by atoms with van der Waals surface area (Å²) in [7, 11) is 1.57. The number of hydrogen-bond acceptors (Lipinski definition) is 9. The fourth-order valence-electron chi connectivity index (χ4n) is 5.19. The van der Waals surface area contributed by atoms with Crippen molar-refractivity contribution in [2.45, 2.75) is 18.6 Å². The summed E-state index contributed by atoms with van der Waals surface area (Å²) in [5.41, 5.74) is 2.22. The lowest BCUT2D eigenvalue weighted by atomic mass is 10.00. The second-order valence-corrected chi connectivity index (χ2v) is 10.9. The summed E-state index contributed by atoms with van der Waals surface area (Å²) in [4.78, 5) is 43.5. The SMILES string of the molecule is COCCOCCOCCOc1ccc(F)c(F)c1C(=O)c1ccc(C(=O)N[C@@H]2CNC[C@H]2NC(=O)c2ccc3c(c2)CN=C3)cc1.Cl. The van der Waals surface area contributed by atoms with Gasteiger partial charge in [0.2, 0.25) is 0 Å². The fourth-order valence-corrected chi connectivity index (χ4v) is 5.19. The smallest absolute Gasteiger partial charge is 0.251 e. The zero-order chi connectivity index (χ0) is 33.2. The van der Waals surface area contributed by atoms with E-state index < -0.39 is 34.9 Å². The van der Waals surface area contributed by atoms with Crippen LogP contribution in [0.5, 0.6) is 5.75 Å². The predicted molar refractivity (Wildman–Crippen MR) is 176 cm³/mol. The first-order valence-electron chi connectivity index (χ1n) is 15.2. The molecule has 0 spiro atoms. The number of carbonyl (C=O) groups excluding carboxylic acids is 3. The van der Waals surface area contributed by atoms with Gasteiger partial charge in [-0.15, -0.1) is 12.4 Å². The first kappa shape index (κ1) is 36.6. The molecule has 0 unspecified atom stereocenters. The molecule has 14 heteroatoms. The largest absolute Gasteiger partial charge is 0.490 e. The van der Waals surface area contributed by atoms with E-state index in [0.29, 0.717) is 51.6 Å². The number of nitrogens with zero attached hydrogens (tertiary/aromatic N) is 1. The van der Waals surface area contributed by atoms with Crippen molar-refractivity contribution in [2.24, 2.45) is 4.99 Å². The molecule has 0 aromatic heterocycles. The van der Waals surface area contributed by atoms with Crippen LogP contribution in [0.25, 0.3) is 0 Å². The van der Waals surface area contributed by atoms with Crippen molar-refractivity contribution >= 4 is 36.2 Å². The number of aliphatic imine (C=N–C) groups is 1. The number of fused-ring (bicyclic) bond motifs is 1. The average molecular weight is 687 g/mol. The molecule has 0 saturated carbocycles. The number of ether oxygens (including phenoxy) is 4. The number of rotatable bonds is 16. The Morgan fingerprint density at radius 1 is 0.812 bits per heavy atom. The van der Waals surface area contributed by atoms with Crippen molar-refractivity contribution in [2.75, 3.05) is 59.8 Å². The van der Waals surface area contributed by atoms with Gasteiger partial charge < -0.3 is 34.9 Å². The predicted octanol–water partition coefficient (Wildman–Crippen LogP) is 3.11. The molecule has 2 heterocycles. The maximum atomic E-state index is 14.9. The highest BCUT2D eigenvalue weighted by molar-refractivity contribution is 6.11. The van der Waals surface area contributed by atoms with Crippen LogP contribution in [0.2, 0.25) is 0 Å². The first-order valence-corrected chi connectivity index (χ1v) is 15.2. The summed E-state index contributed by atoms with van der Waals surface area (Å²) < 4.78 is 50.2. The van der Waals surface area contributed by atoms with Crippen LogP contribution in [0.3, 0.4) is 0 Å². The molecule has 0 aliphatic carbocycles. The molecule has 2 aliphatic rings. The topological polar surface area (TPSA) is 137 Å². The van der Waals surface area contributed by atoms with Crippen LogP contribution in [0.15, 0.2) is 59.6 Å². The van der Waals surface area contributed by atoms with Crippen molar-refractivity contribution in [1.29, 1.82) is 0 Å². The summed E-state index contributed by atoms with van der Waals surface area (Å²) in [6.45, 7) is 3.14. The molecule has 2 amide bonds. The van der Waals surface area contributed by atoms with Crippen molar-refractivity contribution in [3.63, 3.8) is 0 Å². The van der Waals surface area contributed by atoms with Gasteiger partial charge in [0, 0.05) is 43.1 Å². The molecule has 0 radical (unpaired) electrons. The van der Waals surface area contributed by atoms with Crippen LogP contribution in [-0.4, -0.2) is 95.7 Å². The molecular formula is C34H37ClF2N4O7. The second kappa shape index (κ2) is 17.8. The lowest BCUT2D eigenvalue weighted by Gasteiger charge is -2.21. The highest BCUT2D eigenvalue weighted by Crippen LogP contribution is 2.27. The Bertz CT molecular complexity index is 1620. The summed E-state index contributed by atoms with van der Waals surface area (Å²) in [6, 6.07) is 12.3. The van der Waals surface area contributed by atoms with Gasteiger partial charge in [0.25, 0.3) is 11.8 Å². The standard InChI is InChI=1S/C34H36F2N4O7.ClH/c1-44-10-11-45-12-13-46-14-15-47-29-9-8-26(35)31(36)30(29)32(41)21-2-4-22(5-3-21)33(42)39-27-19-38-20-28(27)40-34(43)23-6-7-24-17-37-18-25(24)16-23;/h2-9,16-17,27-28,38H,10-15,18-20H2,1H3,(H,39,42)(H,40,43);1H/t27-,28-;/m1./s1. The molecule has 3 aromatic rings. The molecule has 5 rings (SSSR count). The van der Waals surface area contributed by atoms with Crippen molar-refractivity contribution in [1.82, 2.24) is 16.0 Å². The minimum absolute atomic E-state index is 0. The van der Waals surface area contributed by atoms with E-state index in [-0.39, 0.29) is 54.4 Å². The Morgan fingerprint density at radius 2 is 1.42 bits per heavy atom. The van der Waals surface area contributed by atoms with Gasteiger partial charge in [0.1, 0.15) is 17.9 Å². The van der Waals surface area contributed by atoms with Crippen LogP contribution >= 0.6 is 12.4 Å². The van der Waals surface area contributed by atoms with Gasteiger partial charge in [-0.3, -0.25) is 19.4 Å². The normalized spacial score (nSPS) is 16.2. The number of benzene rings is 3. The molecule has 2 atom stereocenters. The van der Waals surface area contributed by atoms with Crippen LogP contribution in [-0.2, 0) is 20.8 Å². The summed E-state index contributed by atoms with van der Waals surface area (Å²) in [6.07, 6.45) is 1.78. The number of hydrogen-bond donors (Lipinski definition) is 3. The zero-order valence-corrected chi connectivity index (χ0v) is 27.1. The number of halogens is 3. The maximum absolute atomic E-state index is 14.9. The van der Waals surface area contributed by atoms with Gasteiger partial charge in [-0.2, -0.15) is 0 Å². The van der Waals surface area contributed by atoms with E-state index in [2.05, 4.69) is 20.9 Å². The number of amides is 2. The third-order valence-electron chi connectivity index (χ3n) is 7.73. The van der Waals surface area contributed by atoms with Gasteiger partial charge in [0.15, 0.2) is 17.4 Å². The molecular weight excluding hydrogens is 650 g/mol. The molecule has 11 nitrogen and oxygen atoms in total. The Labute approximate surface area is 282 Å². The monoisotopic (exact) mass is 686 g/mol. The van der Waals surface area contributed by atoms with Crippen LogP contribution < -0.4 is 20.7 Å². The number of ketones is 1. The molecule has 256 valence electrons. The van der Waals surface area contributed by atoms with E-state index in [9.17, 15) is 23.2 Å². The first-order chi connectivity index (χ1) is 22.9. The molecule has 2 aliphatic heterocycles. The van der Waals surface area contributed by atoms with E-state index in [0.717, 1.165) is 17.2 Å². The lowest BCUT2D eigenvalue weighted by molar-refractivity contribution is 0.0179. The van der Waals surface area contributed by atoms with Gasteiger partial charge in [-0.25, -0.2) is 8.78 Å². The van der Waals surface area contributed by atoms with Gasteiger partial charge in [-0.05, 0) is 47.5 Å². The van der Waals surface area contributed by atoms with E-state index >= 15 is 0 Å². The third-order valence-corrected chi connectivity index (χ3v) is 7.73. The molecule has 3 aromatic carbocycles. The maximum Gasteiger partial charge on any atom is 0.251 e. The van der Waals surface area contributed by atoms with Gasteiger partial charge in [-0.1, -0.05) is 18.2 Å². The average Bonchev–Trinajstić information content (AvgIpc) is 3.74. The van der Waals surface area contributed by atoms with Crippen molar-refractivity contribution < 1.29 is 42.1 Å². The van der Waals surface area contributed by atoms with Crippen LogP contribution in [0, 0.1) is 11.6 Å². The molecule has 3 N–H and O–H groups in total. The minimum Gasteiger partial charge on any atom is -0.490 e.